The zero-order chi connectivity index (χ0) is 21.5. The van der Waals surface area contributed by atoms with Gasteiger partial charge in [-0.25, -0.2) is 4.98 Å². The number of carbonyl (C=O) groups excluding carboxylic acids is 2. The summed E-state index contributed by atoms with van der Waals surface area (Å²) < 4.78 is 7.03. The quantitative estimate of drug-likeness (QED) is 0.684. The molecule has 162 valence electrons. The third-order valence-electron chi connectivity index (χ3n) is 6.38. The smallest absolute Gasteiger partial charge is 0.254 e. The standard InChI is InChI=1S/C23H27N5O3/c1-14-20-18(12-19(15-5-6-15)25-21(20)27(2)26-14)23(30)28-9-7-16(8-10-28)22(29)24-13-17-4-3-11-31-17/h3-4,11-12,15-16H,5-10,13H2,1-2H3,(H,24,29). The van der Waals surface area contributed by atoms with Crippen LogP contribution in [0.15, 0.2) is 28.9 Å². The molecule has 8 heteroatoms. The van der Waals surface area contributed by atoms with Gasteiger partial charge >= 0.3 is 0 Å². The van der Waals surface area contributed by atoms with Gasteiger partial charge in [0.1, 0.15) is 5.76 Å². The van der Waals surface area contributed by atoms with Crippen LogP contribution in [-0.2, 0) is 18.4 Å². The SMILES string of the molecule is Cc1nn(C)c2nc(C3CC3)cc(C(=O)N3CCC(C(=O)NCc4ccco4)CC3)c12. The van der Waals surface area contributed by atoms with Crippen molar-refractivity contribution in [2.24, 2.45) is 13.0 Å². The van der Waals surface area contributed by atoms with Gasteiger partial charge in [0.25, 0.3) is 5.91 Å². The first-order valence-electron chi connectivity index (χ1n) is 10.9. The first kappa shape index (κ1) is 19.8. The van der Waals surface area contributed by atoms with E-state index in [1.165, 1.54) is 0 Å². The molecular formula is C23H27N5O3. The topological polar surface area (TPSA) is 93.3 Å². The number of carbonyl (C=O) groups is 2. The minimum atomic E-state index is -0.0846. The molecule has 1 aliphatic heterocycles. The fourth-order valence-electron chi connectivity index (χ4n) is 4.47. The zero-order valence-corrected chi connectivity index (χ0v) is 17.9. The first-order valence-corrected chi connectivity index (χ1v) is 10.9. The maximum absolute atomic E-state index is 13.5. The van der Waals surface area contributed by atoms with Crippen molar-refractivity contribution < 1.29 is 14.0 Å². The van der Waals surface area contributed by atoms with Crippen molar-refractivity contribution in [1.29, 1.82) is 0 Å². The van der Waals surface area contributed by atoms with Crippen LogP contribution < -0.4 is 5.32 Å². The fraction of sp³-hybridized carbons (Fsp3) is 0.478. The third-order valence-corrected chi connectivity index (χ3v) is 6.38. The maximum atomic E-state index is 13.5. The molecule has 0 radical (unpaired) electrons. The van der Waals surface area contributed by atoms with Gasteiger partial charge in [0.2, 0.25) is 5.91 Å². The van der Waals surface area contributed by atoms with Gasteiger partial charge in [-0.15, -0.1) is 0 Å². The lowest BCUT2D eigenvalue weighted by molar-refractivity contribution is -0.126. The largest absolute Gasteiger partial charge is 0.467 e. The van der Waals surface area contributed by atoms with Gasteiger partial charge in [0, 0.05) is 37.7 Å². The molecule has 0 aromatic carbocycles. The number of pyridine rings is 1. The lowest BCUT2D eigenvalue weighted by Gasteiger charge is -2.31. The molecule has 2 aliphatic rings. The molecule has 2 amide bonds. The molecule has 8 nitrogen and oxygen atoms in total. The maximum Gasteiger partial charge on any atom is 0.254 e. The summed E-state index contributed by atoms with van der Waals surface area (Å²) in [6.45, 7) is 3.45. The van der Waals surface area contributed by atoms with Crippen LogP contribution in [-0.4, -0.2) is 44.6 Å². The molecule has 31 heavy (non-hydrogen) atoms. The van der Waals surface area contributed by atoms with Gasteiger partial charge in [-0.2, -0.15) is 5.10 Å². The van der Waals surface area contributed by atoms with Gasteiger partial charge < -0.3 is 14.6 Å². The molecule has 1 aliphatic carbocycles. The number of aromatic nitrogens is 3. The van der Waals surface area contributed by atoms with Gasteiger partial charge in [-0.05, 0) is 50.8 Å². The van der Waals surface area contributed by atoms with Crippen LogP contribution in [0.1, 0.15) is 59.1 Å². The Hall–Kier alpha value is -3.16. The Balaban J connectivity index is 1.29. The highest BCUT2D eigenvalue weighted by Crippen LogP contribution is 2.40. The van der Waals surface area contributed by atoms with Crippen LogP contribution >= 0.6 is 0 Å². The van der Waals surface area contributed by atoms with E-state index in [0.717, 1.165) is 41.0 Å². The number of nitrogens with zero attached hydrogens (tertiary/aromatic N) is 4. The number of furan rings is 1. The van der Waals surface area contributed by atoms with E-state index >= 15 is 0 Å². The molecule has 4 heterocycles. The molecule has 0 unspecified atom stereocenters. The second-order valence-electron chi connectivity index (χ2n) is 8.64. The van der Waals surface area contributed by atoms with Gasteiger partial charge in [0.05, 0.1) is 29.5 Å². The van der Waals surface area contributed by atoms with E-state index in [2.05, 4.69) is 10.4 Å². The fourth-order valence-corrected chi connectivity index (χ4v) is 4.47. The molecule has 0 bridgehead atoms. The summed E-state index contributed by atoms with van der Waals surface area (Å²) in [5.74, 6) is 1.14. The van der Waals surface area contributed by atoms with Crippen molar-refractivity contribution in [3.63, 3.8) is 0 Å². The van der Waals surface area contributed by atoms with Crippen LogP contribution in [0.4, 0.5) is 0 Å². The number of rotatable bonds is 5. The van der Waals surface area contributed by atoms with E-state index in [1.54, 1.807) is 17.0 Å². The predicted octanol–water partition coefficient (Wildman–Crippen LogP) is 2.92. The highest BCUT2D eigenvalue weighted by atomic mass is 16.3. The van der Waals surface area contributed by atoms with E-state index in [-0.39, 0.29) is 17.7 Å². The number of likely N-dealkylation sites (tertiary alicyclic amines) is 1. The summed E-state index contributed by atoms with van der Waals surface area (Å²) in [4.78, 5) is 32.7. The van der Waals surface area contributed by atoms with E-state index in [4.69, 9.17) is 9.40 Å². The van der Waals surface area contributed by atoms with E-state index < -0.39 is 0 Å². The molecule has 5 rings (SSSR count). The first-order chi connectivity index (χ1) is 15.0. The lowest BCUT2D eigenvalue weighted by atomic mass is 9.95. The van der Waals surface area contributed by atoms with Crippen LogP contribution in [0, 0.1) is 12.8 Å². The van der Waals surface area contributed by atoms with Crippen molar-refractivity contribution in [2.45, 2.75) is 45.1 Å². The third kappa shape index (κ3) is 3.82. The molecular weight excluding hydrogens is 394 g/mol. The lowest BCUT2D eigenvalue weighted by Crippen LogP contribution is -2.43. The van der Waals surface area contributed by atoms with Crippen molar-refractivity contribution in [3.05, 3.63) is 47.2 Å². The van der Waals surface area contributed by atoms with Gasteiger partial charge in [0.15, 0.2) is 5.65 Å². The second-order valence-corrected chi connectivity index (χ2v) is 8.64. The number of aryl methyl sites for hydroxylation is 2. The molecule has 1 saturated carbocycles. The van der Waals surface area contributed by atoms with Crippen LogP contribution in [0.3, 0.4) is 0 Å². The molecule has 3 aromatic heterocycles. The van der Waals surface area contributed by atoms with Crippen molar-refractivity contribution in [1.82, 2.24) is 25.0 Å². The van der Waals surface area contributed by atoms with Gasteiger partial charge in [-0.1, -0.05) is 0 Å². The number of nitrogens with one attached hydrogen (secondary N) is 1. The number of hydrogen-bond acceptors (Lipinski definition) is 5. The number of hydrogen-bond donors (Lipinski definition) is 1. The summed E-state index contributed by atoms with van der Waals surface area (Å²) in [6, 6.07) is 5.62. The minimum Gasteiger partial charge on any atom is -0.467 e. The summed E-state index contributed by atoms with van der Waals surface area (Å²) in [7, 11) is 1.88. The summed E-state index contributed by atoms with van der Waals surface area (Å²) in [5, 5.41) is 8.28. The molecule has 0 atom stereocenters. The van der Waals surface area contributed by atoms with Crippen LogP contribution in [0.25, 0.3) is 11.0 Å². The number of piperidine rings is 1. The Morgan fingerprint density at radius 1 is 1.23 bits per heavy atom. The normalized spacial score (nSPS) is 17.3. The van der Waals surface area contributed by atoms with Crippen molar-refractivity contribution in [3.8, 4) is 0 Å². The number of fused-ring (bicyclic) bond motifs is 1. The van der Waals surface area contributed by atoms with E-state index in [1.807, 2.05) is 31.0 Å². The zero-order valence-electron chi connectivity index (χ0n) is 17.9. The van der Waals surface area contributed by atoms with Crippen molar-refractivity contribution in [2.75, 3.05) is 13.1 Å². The Bertz CT molecular complexity index is 1120. The molecule has 2 fully saturated rings. The summed E-state index contributed by atoms with van der Waals surface area (Å²) in [6.07, 6.45) is 5.17. The Labute approximate surface area is 180 Å². The minimum absolute atomic E-state index is 0.0137. The average Bonchev–Trinajstić information content (AvgIpc) is 3.43. The molecule has 1 N–H and O–H groups in total. The van der Waals surface area contributed by atoms with Gasteiger partial charge in [-0.3, -0.25) is 14.3 Å². The van der Waals surface area contributed by atoms with Crippen LogP contribution in [0.2, 0.25) is 0 Å². The van der Waals surface area contributed by atoms with E-state index in [0.29, 0.717) is 44.0 Å². The Morgan fingerprint density at radius 3 is 2.68 bits per heavy atom. The van der Waals surface area contributed by atoms with E-state index in [9.17, 15) is 9.59 Å². The Kier molecular flexibility index (Phi) is 5.00. The average molecular weight is 422 g/mol. The number of amides is 2. The van der Waals surface area contributed by atoms with Crippen molar-refractivity contribution >= 4 is 22.8 Å². The molecule has 0 spiro atoms. The summed E-state index contributed by atoms with van der Waals surface area (Å²) >= 11 is 0. The molecule has 1 saturated heterocycles. The highest BCUT2D eigenvalue weighted by Gasteiger charge is 2.32. The predicted molar refractivity (Wildman–Crippen MR) is 114 cm³/mol. The Morgan fingerprint density at radius 2 is 2.00 bits per heavy atom. The van der Waals surface area contributed by atoms with Crippen LogP contribution in [0.5, 0.6) is 0 Å². The monoisotopic (exact) mass is 421 g/mol. The highest BCUT2D eigenvalue weighted by molar-refractivity contribution is 6.06. The molecule has 3 aromatic rings. The second kappa shape index (κ2) is 7.83. The summed E-state index contributed by atoms with van der Waals surface area (Å²) in [5.41, 5.74) is 3.28.